The largest absolute Gasteiger partial charge is 0.389 e. The molecular formula is C8H8BFO. The van der Waals surface area contributed by atoms with Crippen molar-refractivity contribution in [2.45, 2.75) is 13.0 Å². The van der Waals surface area contributed by atoms with E-state index in [0.29, 0.717) is 5.46 Å². The summed E-state index contributed by atoms with van der Waals surface area (Å²) in [6, 6.07) is 4.24. The number of aliphatic hydroxyl groups is 1. The lowest BCUT2D eigenvalue weighted by Gasteiger charge is -2.05. The summed E-state index contributed by atoms with van der Waals surface area (Å²) in [6.07, 6.45) is -0.782. The summed E-state index contributed by atoms with van der Waals surface area (Å²) in [7, 11) is 5.31. The van der Waals surface area contributed by atoms with Gasteiger partial charge in [0.05, 0.1) is 6.10 Å². The van der Waals surface area contributed by atoms with Crippen LogP contribution in [-0.2, 0) is 0 Å². The first kappa shape index (κ1) is 8.27. The lowest BCUT2D eigenvalue weighted by molar-refractivity contribution is 0.194. The molecule has 3 heteroatoms. The van der Waals surface area contributed by atoms with Crippen molar-refractivity contribution < 1.29 is 9.50 Å². The topological polar surface area (TPSA) is 20.2 Å². The van der Waals surface area contributed by atoms with E-state index in [-0.39, 0.29) is 5.56 Å². The van der Waals surface area contributed by atoms with Crippen LogP contribution in [0.5, 0.6) is 0 Å². The third-order valence-corrected chi connectivity index (χ3v) is 1.47. The van der Waals surface area contributed by atoms with Crippen molar-refractivity contribution in [3.63, 3.8) is 0 Å². The fourth-order valence-corrected chi connectivity index (χ4v) is 0.882. The predicted molar refractivity (Wildman–Crippen MR) is 42.4 cm³/mol. The van der Waals surface area contributed by atoms with Crippen LogP contribution in [0.2, 0.25) is 0 Å². The number of rotatable bonds is 1. The molecule has 0 heterocycles. The van der Waals surface area contributed by atoms with Gasteiger partial charge in [0, 0.05) is 5.56 Å². The van der Waals surface area contributed by atoms with Gasteiger partial charge in [0.2, 0.25) is 0 Å². The van der Waals surface area contributed by atoms with Crippen LogP contribution in [0.3, 0.4) is 0 Å². The first-order chi connectivity index (χ1) is 5.11. The molecule has 0 saturated carbocycles. The molecule has 0 spiro atoms. The normalized spacial score (nSPS) is 13.0. The van der Waals surface area contributed by atoms with Crippen molar-refractivity contribution in [2.24, 2.45) is 0 Å². The highest BCUT2D eigenvalue weighted by atomic mass is 19.1. The van der Waals surface area contributed by atoms with Gasteiger partial charge in [0.15, 0.2) is 0 Å². The molecule has 0 aliphatic heterocycles. The van der Waals surface area contributed by atoms with Gasteiger partial charge in [-0.1, -0.05) is 17.6 Å². The van der Waals surface area contributed by atoms with E-state index < -0.39 is 11.9 Å². The van der Waals surface area contributed by atoms with Crippen LogP contribution < -0.4 is 5.46 Å². The molecule has 1 aromatic rings. The van der Waals surface area contributed by atoms with Gasteiger partial charge in [-0.3, -0.25) is 0 Å². The van der Waals surface area contributed by atoms with Crippen molar-refractivity contribution in [3.8, 4) is 0 Å². The minimum absolute atomic E-state index is 0.277. The van der Waals surface area contributed by atoms with E-state index in [1.54, 1.807) is 6.07 Å². The zero-order chi connectivity index (χ0) is 8.43. The molecule has 0 saturated heterocycles. The second-order valence-corrected chi connectivity index (χ2v) is 2.46. The molecule has 11 heavy (non-hydrogen) atoms. The zero-order valence-electron chi connectivity index (χ0n) is 6.21. The molecule has 0 fully saturated rings. The van der Waals surface area contributed by atoms with Crippen LogP contribution in [0.4, 0.5) is 4.39 Å². The molecule has 1 atom stereocenters. The van der Waals surface area contributed by atoms with Gasteiger partial charge >= 0.3 is 0 Å². The first-order valence-corrected chi connectivity index (χ1v) is 3.34. The van der Waals surface area contributed by atoms with Gasteiger partial charge in [-0.25, -0.2) is 4.39 Å². The lowest BCUT2D eigenvalue weighted by Crippen LogP contribution is -2.06. The molecule has 56 valence electrons. The van der Waals surface area contributed by atoms with E-state index in [1.807, 2.05) is 0 Å². The predicted octanol–water partition coefficient (Wildman–Crippen LogP) is 0.673. The SMILES string of the molecule is [B]c1ccc(C(C)O)c(F)c1. The van der Waals surface area contributed by atoms with E-state index in [2.05, 4.69) is 0 Å². The van der Waals surface area contributed by atoms with Crippen LogP contribution in [-0.4, -0.2) is 13.0 Å². The molecule has 0 aliphatic rings. The second-order valence-electron chi connectivity index (χ2n) is 2.46. The van der Waals surface area contributed by atoms with Crippen LogP contribution >= 0.6 is 0 Å². The monoisotopic (exact) mass is 150 g/mol. The maximum Gasteiger partial charge on any atom is 0.128 e. The number of aliphatic hydroxyl groups excluding tert-OH is 1. The average Bonchev–Trinajstić information content (AvgIpc) is 1.85. The van der Waals surface area contributed by atoms with Gasteiger partial charge in [-0.05, 0) is 13.0 Å². The van der Waals surface area contributed by atoms with E-state index in [4.69, 9.17) is 13.0 Å². The number of hydrogen-bond acceptors (Lipinski definition) is 1. The first-order valence-electron chi connectivity index (χ1n) is 3.34. The van der Waals surface area contributed by atoms with E-state index >= 15 is 0 Å². The Labute approximate surface area is 66.3 Å². The maximum absolute atomic E-state index is 12.9. The number of halogens is 1. The van der Waals surface area contributed by atoms with Gasteiger partial charge in [0.25, 0.3) is 0 Å². The van der Waals surface area contributed by atoms with Crippen molar-refractivity contribution in [2.75, 3.05) is 0 Å². The molecule has 1 rings (SSSR count). The van der Waals surface area contributed by atoms with Crippen LogP contribution in [0, 0.1) is 5.82 Å². The van der Waals surface area contributed by atoms with Gasteiger partial charge in [0.1, 0.15) is 13.7 Å². The summed E-state index contributed by atoms with van der Waals surface area (Å²) in [6.45, 7) is 1.51. The summed E-state index contributed by atoms with van der Waals surface area (Å²) >= 11 is 0. The smallest absolute Gasteiger partial charge is 0.128 e. The molecule has 1 aromatic carbocycles. The second kappa shape index (κ2) is 3.05. The van der Waals surface area contributed by atoms with Crippen LogP contribution in [0.1, 0.15) is 18.6 Å². The van der Waals surface area contributed by atoms with Gasteiger partial charge < -0.3 is 5.11 Å². The minimum atomic E-state index is -0.782. The fourth-order valence-electron chi connectivity index (χ4n) is 0.882. The van der Waals surface area contributed by atoms with Crippen molar-refractivity contribution in [1.29, 1.82) is 0 Å². The molecule has 0 aromatic heterocycles. The van der Waals surface area contributed by atoms with Crippen LogP contribution in [0.25, 0.3) is 0 Å². The molecule has 0 amide bonds. The Morgan fingerprint density at radius 1 is 1.55 bits per heavy atom. The van der Waals surface area contributed by atoms with E-state index in [1.165, 1.54) is 19.1 Å². The van der Waals surface area contributed by atoms with Crippen LogP contribution in [0.15, 0.2) is 18.2 Å². The molecule has 1 N–H and O–H groups in total. The third-order valence-electron chi connectivity index (χ3n) is 1.47. The van der Waals surface area contributed by atoms with Crippen molar-refractivity contribution >= 4 is 13.3 Å². The molecule has 2 radical (unpaired) electrons. The highest BCUT2D eigenvalue weighted by Gasteiger charge is 2.06. The standard InChI is InChI=1S/C8H8BFO/c1-5(11)7-3-2-6(9)4-8(7)10/h2-5,11H,1H3. The Morgan fingerprint density at radius 3 is 2.64 bits per heavy atom. The number of benzene rings is 1. The Hall–Kier alpha value is -0.825. The molecule has 0 bridgehead atoms. The summed E-state index contributed by atoms with van der Waals surface area (Å²) in [5, 5.41) is 9.01. The third kappa shape index (κ3) is 1.81. The molecular weight excluding hydrogens is 142 g/mol. The van der Waals surface area contributed by atoms with Gasteiger partial charge in [-0.2, -0.15) is 0 Å². The van der Waals surface area contributed by atoms with Gasteiger partial charge in [-0.15, -0.1) is 0 Å². The fraction of sp³-hybridized carbons (Fsp3) is 0.250. The maximum atomic E-state index is 12.9. The average molecular weight is 150 g/mol. The Bertz CT molecular complexity index is 260. The molecule has 0 aliphatic carbocycles. The quantitative estimate of drug-likeness (QED) is 0.583. The Kier molecular flexibility index (Phi) is 2.30. The summed E-state index contributed by atoms with van der Waals surface area (Å²) < 4.78 is 12.9. The van der Waals surface area contributed by atoms with Crippen molar-refractivity contribution in [3.05, 3.63) is 29.6 Å². The Morgan fingerprint density at radius 2 is 2.18 bits per heavy atom. The zero-order valence-corrected chi connectivity index (χ0v) is 6.21. The summed E-state index contributed by atoms with van der Waals surface area (Å²) in [5.41, 5.74) is 0.645. The summed E-state index contributed by atoms with van der Waals surface area (Å²) in [4.78, 5) is 0. The molecule has 1 unspecified atom stereocenters. The summed E-state index contributed by atoms with van der Waals surface area (Å²) in [5.74, 6) is -0.458. The Balaban J connectivity index is 3.09. The van der Waals surface area contributed by atoms with E-state index in [0.717, 1.165) is 0 Å². The van der Waals surface area contributed by atoms with E-state index in [9.17, 15) is 4.39 Å². The molecule has 1 nitrogen and oxygen atoms in total. The highest BCUT2D eigenvalue weighted by Crippen LogP contribution is 2.13. The number of hydrogen-bond donors (Lipinski definition) is 1. The highest BCUT2D eigenvalue weighted by molar-refractivity contribution is 6.32. The lowest BCUT2D eigenvalue weighted by atomic mass is 9.94. The van der Waals surface area contributed by atoms with Crippen molar-refractivity contribution in [1.82, 2.24) is 0 Å². The minimum Gasteiger partial charge on any atom is -0.389 e.